The molecular formula is C28H25F6NO4. The molecule has 11 heteroatoms. The first kappa shape index (κ1) is 28.7. The highest BCUT2D eigenvalue weighted by Gasteiger charge is 2.37. The molecule has 0 heterocycles. The Morgan fingerprint density at radius 1 is 1.03 bits per heavy atom. The summed E-state index contributed by atoms with van der Waals surface area (Å²) in [6, 6.07) is 8.60. The first-order valence-electron chi connectivity index (χ1n) is 12.2. The van der Waals surface area contributed by atoms with E-state index in [0.717, 1.165) is 5.57 Å². The van der Waals surface area contributed by atoms with Crippen LogP contribution in [-0.4, -0.2) is 34.6 Å². The second kappa shape index (κ2) is 11.0. The molecular weight excluding hydrogens is 528 g/mol. The quantitative estimate of drug-likeness (QED) is 0.302. The van der Waals surface area contributed by atoms with Crippen LogP contribution >= 0.6 is 0 Å². The number of ketones is 1. The number of carbonyl (C=O) groups excluding carboxylic acids is 1. The molecule has 0 fully saturated rings. The maximum Gasteiger partial charge on any atom is 0.416 e. The van der Waals surface area contributed by atoms with Crippen LogP contribution in [0.3, 0.4) is 0 Å². The number of carbonyl (C=O) groups is 1. The highest BCUT2D eigenvalue weighted by molar-refractivity contribution is 5.99. The Balaban J connectivity index is 1.43. The summed E-state index contributed by atoms with van der Waals surface area (Å²) in [6.07, 6.45) is -3.97. The van der Waals surface area contributed by atoms with Crippen molar-refractivity contribution in [1.29, 1.82) is 0 Å². The Labute approximate surface area is 220 Å². The number of nitrogens with zero attached hydrogens (tertiary/aromatic N) is 1. The van der Waals surface area contributed by atoms with Gasteiger partial charge in [0.25, 0.3) is 0 Å². The lowest BCUT2D eigenvalue weighted by Gasteiger charge is -2.24. The van der Waals surface area contributed by atoms with E-state index < -0.39 is 35.2 Å². The lowest BCUT2D eigenvalue weighted by atomic mass is 9.80. The van der Waals surface area contributed by atoms with Crippen LogP contribution in [0.1, 0.15) is 46.0 Å². The Bertz CT molecular complexity index is 1250. The highest BCUT2D eigenvalue weighted by atomic mass is 19.4. The highest BCUT2D eigenvalue weighted by Crippen LogP contribution is 2.38. The molecule has 2 aromatic rings. The summed E-state index contributed by atoms with van der Waals surface area (Å²) >= 11 is 0. The van der Waals surface area contributed by atoms with Crippen molar-refractivity contribution in [2.45, 2.75) is 38.5 Å². The summed E-state index contributed by atoms with van der Waals surface area (Å²) < 4.78 is 85.1. The maximum absolute atomic E-state index is 13.2. The molecule has 0 spiro atoms. The summed E-state index contributed by atoms with van der Waals surface area (Å²) in [5, 5.41) is 18.0. The van der Waals surface area contributed by atoms with Crippen molar-refractivity contribution in [2.75, 3.05) is 13.2 Å². The van der Waals surface area contributed by atoms with Crippen molar-refractivity contribution in [3.05, 3.63) is 88.0 Å². The van der Waals surface area contributed by atoms with Crippen molar-refractivity contribution in [3.8, 4) is 5.75 Å². The maximum atomic E-state index is 13.2. The number of fused-ring (bicyclic) bond motifs is 1. The molecule has 0 radical (unpaired) electrons. The van der Waals surface area contributed by atoms with E-state index in [-0.39, 0.29) is 53.6 Å². The molecule has 0 saturated heterocycles. The van der Waals surface area contributed by atoms with E-state index in [4.69, 9.17) is 15.2 Å². The fourth-order valence-electron chi connectivity index (χ4n) is 4.85. The SMILES string of the molecule is CC1C=C(CN(O)O)C=CC1COc1c#cc2c(c1)CCC(Cc1cc(C(F)(F)F)cc(C(F)(F)F)c1)C2=O. The van der Waals surface area contributed by atoms with Gasteiger partial charge in [-0.25, -0.2) is 0 Å². The summed E-state index contributed by atoms with van der Waals surface area (Å²) in [5.41, 5.74) is -1.45. The second-order valence-electron chi connectivity index (χ2n) is 9.84. The van der Waals surface area contributed by atoms with Crippen molar-refractivity contribution in [1.82, 2.24) is 5.23 Å². The molecule has 4 rings (SSSR count). The van der Waals surface area contributed by atoms with E-state index in [0.29, 0.717) is 36.5 Å². The van der Waals surface area contributed by atoms with Crippen LogP contribution in [0.4, 0.5) is 26.3 Å². The molecule has 2 aromatic carbocycles. The fraction of sp³-hybridized carbons (Fsp3) is 0.393. The Kier molecular flexibility index (Phi) is 8.12. The molecule has 0 saturated carbocycles. The number of hydrogen-bond acceptors (Lipinski definition) is 5. The van der Waals surface area contributed by atoms with Gasteiger partial charge in [-0.3, -0.25) is 15.2 Å². The van der Waals surface area contributed by atoms with Gasteiger partial charge in [-0.15, -0.1) is 0 Å². The standard InChI is InChI=1S/C28H25F6NO4/c1-16-8-17(14-35(37)38)2-3-21(16)15-39-24-6-7-25-19(12-24)4-5-20(26(25)36)9-18-10-22(27(29,30)31)13-23(11-18)28(32,33)34/h2-3,8,10-13,16,20-21,37-38H,4-5,9,14-15H2,1H3. The minimum Gasteiger partial charge on any atom is -0.485 e. The topological polar surface area (TPSA) is 70.0 Å². The summed E-state index contributed by atoms with van der Waals surface area (Å²) in [4.78, 5) is 13.1. The number of Topliss-reactive ketones (excluding diaryl/α,β-unsaturated/α-hetero) is 1. The molecule has 2 N–H and O–H groups in total. The average Bonchev–Trinajstić information content (AvgIpc) is 2.83. The number of halogens is 6. The molecule has 0 bridgehead atoms. The van der Waals surface area contributed by atoms with Crippen molar-refractivity contribution < 1.29 is 46.3 Å². The van der Waals surface area contributed by atoms with Gasteiger partial charge >= 0.3 is 12.4 Å². The number of aryl methyl sites for hydroxylation is 1. The first-order chi connectivity index (χ1) is 18.2. The van der Waals surface area contributed by atoms with Gasteiger partial charge in [-0.1, -0.05) is 36.4 Å². The molecule has 5 nitrogen and oxygen atoms in total. The summed E-state index contributed by atoms with van der Waals surface area (Å²) in [6.45, 7) is 2.22. The Hall–Kier alpha value is -3.33. The zero-order valence-corrected chi connectivity index (χ0v) is 20.7. The molecule has 3 unspecified atom stereocenters. The molecule has 3 atom stereocenters. The largest absolute Gasteiger partial charge is 0.485 e. The number of rotatable bonds is 7. The molecule has 0 aliphatic heterocycles. The average molecular weight is 553 g/mol. The lowest BCUT2D eigenvalue weighted by Crippen LogP contribution is -2.25. The van der Waals surface area contributed by atoms with Crippen LogP contribution in [0.25, 0.3) is 0 Å². The minimum absolute atomic E-state index is 0.00378. The molecule has 208 valence electrons. The van der Waals surface area contributed by atoms with Crippen LogP contribution < -0.4 is 4.74 Å². The van der Waals surface area contributed by atoms with Gasteiger partial charge in [-0.2, -0.15) is 26.3 Å². The zero-order valence-electron chi connectivity index (χ0n) is 20.7. The first-order valence-corrected chi connectivity index (χ1v) is 12.2. The monoisotopic (exact) mass is 553 g/mol. The van der Waals surface area contributed by atoms with Gasteiger partial charge in [0.15, 0.2) is 11.5 Å². The summed E-state index contributed by atoms with van der Waals surface area (Å²) in [7, 11) is 0. The Morgan fingerprint density at radius 2 is 1.69 bits per heavy atom. The normalized spacial score (nSPS) is 21.4. The molecule has 0 aromatic heterocycles. The molecule has 2 aliphatic carbocycles. The van der Waals surface area contributed by atoms with Gasteiger partial charge in [0.1, 0.15) is 0 Å². The van der Waals surface area contributed by atoms with E-state index in [1.807, 2.05) is 19.1 Å². The van der Waals surface area contributed by atoms with Crippen LogP contribution in [-0.2, 0) is 25.2 Å². The zero-order chi connectivity index (χ0) is 28.5. The predicted octanol–water partition coefficient (Wildman–Crippen LogP) is 6.52. The third-order valence-corrected chi connectivity index (χ3v) is 6.91. The number of allylic oxidation sites excluding steroid dienone is 1. The summed E-state index contributed by atoms with van der Waals surface area (Å²) in [5.74, 6) is -0.776. The fourth-order valence-corrected chi connectivity index (χ4v) is 4.85. The van der Waals surface area contributed by atoms with E-state index in [1.165, 1.54) is 0 Å². The van der Waals surface area contributed by atoms with E-state index in [2.05, 4.69) is 12.1 Å². The molecule has 2 aliphatic rings. The molecule has 0 amide bonds. The van der Waals surface area contributed by atoms with Gasteiger partial charge in [0.2, 0.25) is 0 Å². The van der Waals surface area contributed by atoms with Gasteiger partial charge < -0.3 is 4.74 Å². The number of benzene rings is 1. The predicted molar refractivity (Wildman–Crippen MR) is 126 cm³/mol. The van der Waals surface area contributed by atoms with E-state index >= 15 is 0 Å². The number of hydroxylamine groups is 2. The third-order valence-electron chi connectivity index (χ3n) is 6.91. The smallest absolute Gasteiger partial charge is 0.416 e. The molecule has 39 heavy (non-hydrogen) atoms. The van der Waals surface area contributed by atoms with Crippen molar-refractivity contribution in [3.63, 3.8) is 0 Å². The number of ether oxygens (including phenoxy) is 1. The number of alkyl halides is 6. The second-order valence-corrected chi connectivity index (χ2v) is 9.84. The van der Waals surface area contributed by atoms with E-state index in [1.54, 1.807) is 12.1 Å². The third kappa shape index (κ3) is 7.01. The van der Waals surface area contributed by atoms with Gasteiger partial charge in [0.05, 0.1) is 29.8 Å². The van der Waals surface area contributed by atoms with Crippen LogP contribution in [0.2, 0.25) is 0 Å². The minimum atomic E-state index is -4.96. The van der Waals surface area contributed by atoms with Gasteiger partial charge in [0, 0.05) is 11.8 Å². The van der Waals surface area contributed by atoms with Crippen LogP contribution in [0.15, 0.2) is 48.1 Å². The van der Waals surface area contributed by atoms with E-state index in [9.17, 15) is 31.1 Å². The van der Waals surface area contributed by atoms with Gasteiger partial charge in [-0.05, 0) is 72.2 Å². The van der Waals surface area contributed by atoms with Crippen molar-refractivity contribution in [2.24, 2.45) is 17.8 Å². The number of hydrogen-bond donors (Lipinski definition) is 2. The lowest BCUT2D eigenvalue weighted by molar-refractivity contribution is -0.300. The Morgan fingerprint density at radius 3 is 2.28 bits per heavy atom. The van der Waals surface area contributed by atoms with Crippen LogP contribution in [0.5, 0.6) is 5.75 Å². The van der Waals surface area contributed by atoms with Crippen LogP contribution in [0, 0.1) is 29.9 Å². The van der Waals surface area contributed by atoms with Crippen molar-refractivity contribution >= 4 is 5.78 Å².